The summed E-state index contributed by atoms with van der Waals surface area (Å²) in [6.07, 6.45) is -1.04. The maximum Gasteiger partial charge on any atom is 0.407 e. The second-order valence-corrected chi connectivity index (χ2v) is 10.4. The number of hydrogen-bond acceptors (Lipinski definition) is 10. The van der Waals surface area contributed by atoms with Crippen LogP contribution in [-0.2, 0) is 19.0 Å². The average Bonchev–Trinajstić information content (AvgIpc) is 2.86. The highest BCUT2D eigenvalue weighted by Crippen LogP contribution is 2.53. The van der Waals surface area contributed by atoms with Crippen LogP contribution in [-0.4, -0.2) is 100 Å². The Labute approximate surface area is 213 Å². The molecule has 1 amide bonds. The molecule has 0 aromatic heterocycles. The van der Waals surface area contributed by atoms with Crippen LogP contribution >= 0.6 is 11.8 Å². The number of thioether (sulfide) groups is 1. The van der Waals surface area contributed by atoms with E-state index in [0.717, 1.165) is 0 Å². The lowest BCUT2D eigenvalue weighted by Crippen LogP contribution is -2.71. The molecule has 5 N–H and O–H groups in total. The molecule has 1 saturated heterocycles. The van der Waals surface area contributed by atoms with Crippen LogP contribution in [0.2, 0.25) is 0 Å². The Balaban J connectivity index is 1.87. The highest BCUT2D eigenvalue weighted by Gasteiger charge is 2.63. The summed E-state index contributed by atoms with van der Waals surface area (Å²) in [5.74, 6) is 11.6. The molecule has 1 saturated carbocycles. The molecule has 2 bridgehead atoms. The largest absolute Gasteiger partial charge is 0.453 e. The zero-order chi connectivity index (χ0) is 26.1. The number of carbonyl (C=O) groups excluding carboxylic acids is 2. The van der Waals surface area contributed by atoms with Crippen molar-refractivity contribution >= 4 is 23.6 Å². The highest BCUT2D eigenvalue weighted by molar-refractivity contribution is 8.01. The number of aliphatic hydroxyl groups is 3. The zero-order valence-electron chi connectivity index (χ0n) is 20.2. The molecule has 2 aliphatic carbocycles. The number of hydrogen-bond donors (Lipinski definition) is 5. The predicted molar refractivity (Wildman–Crippen MR) is 131 cm³/mol. The minimum absolute atomic E-state index is 0.336. The maximum absolute atomic E-state index is 13.5. The van der Waals surface area contributed by atoms with Crippen LogP contribution in [0.1, 0.15) is 19.8 Å². The quantitative estimate of drug-likeness (QED) is 0.238. The van der Waals surface area contributed by atoms with E-state index in [1.54, 1.807) is 14.0 Å². The summed E-state index contributed by atoms with van der Waals surface area (Å²) in [6, 6.07) is -1.98. The number of carbonyl (C=O) groups is 2. The van der Waals surface area contributed by atoms with Crippen molar-refractivity contribution in [1.29, 1.82) is 0 Å². The number of aliphatic hydroxyl groups excluding tert-OH is 2. The minimum atomic E-state index is -1.80. The first kappa shape index (κ1) is 26.7. The van der Waals surface area contributed by atoms with Crippen molar-refractivity contribution in [3.8, 4) is 23.7 Å². The molecule has 10 nitrogen and oxygen atoms in total. The number of rotatable bonds is 4. The van der Waals surface area contributed by atoms with Gasteiger partial charge in [-0.2, -0.15) is 0 Å². The van der Waals surface area contributed by atoms with Gasteiger partial charge < -0.3 is 40.2 Å². The van der Waals surface area contributed by atoms with E-state index < -0.39 is 65.0 Å². The van der Waals surface area contributed by atoms with Crippen LogP contribution in [0, 0.1) is 23.7 Å². The van der Waals surface area contributed by atoms with Crippen LogP contribution in [0.15, 0.2) is 23.8 Å². The van der Waals surface area contributed by atoms with Crippen LogP contribution in [0.25, 0.3) is 0 Å². The number of alkyl carbamates (subject to hydrolysis) is 1. The van der Waals surface area contributed by atoms with Crippen molar-refractivity contribution in [2.24, 2.45) is 0 Å². The van der Waals surface area contributed by atoms with Crippen molar-refractivity contribution in [2.45, 2.75) is 72.9 Å². The molecule has 4 aliphatic rings. The van der Waals surface area contributed by atoms with E-state index in [1.807, 2.05) is 6.08 Å². The van der Waals surface area contributed by atoms with E-state index in [9.17, 15) is 24.9 Å². The number of allylic oxidation sites excluding steroid dienone is 3. The molecule has 0 aromatic rings. The molecule has 2 fully saturated rings. The number of nitrogens with one attached hydrogen (secondary N) is 2. The number of likely N-dealkylation sites (N-methyl/N-ethyl adjacent to an activating group) is 1. The van der Waals surface area contributed by atoms with E-state index in [0.29, 0.717) is 17.7 Å². The van der Waals surface area contributed by atoms with Gasteiger partial charge >= 0.3 is 6.09 Å². The van der Waals surface area contributed by atoms with Crippen molar-refractivity contribution in [2.75, 3.05) is 19.9 Å². The Kier molecular flexibility index (Phi) is 7.83. The van der Waals surface area contributed by atoms with Crippen LogP contribution in [0.3, 0.4) is 0 Å². The van der Waals surface area contributed by atoms with Crippen molar-refractivity contribution in [1.82, 2.24) is 10.6 Å². The van der Waals surface area contributed by atoms with Gasteiger partial charge in [0.2, 0.25) is 0 Å². The fourth-order valence-electron chi connectivity index (χ4n) is 5.13. The van der Waals surface area contributed by atoms with Crippen LogP contribution < -0.4 is 10.6 Å². The third kappa shape index (κ3) is 4.57. The number of methoxy groups -OCH3 is 1. The molecule has 9 atom stereocenters. The first-order valence-electron chi connectivity index (χ1n) is 11.7. The van der Waals surface area contributed by atoms with Crippen molar-refractivity contribution in [3.05, 3.63) is 23.8 Å². The molecule has 0 radical (unpaired) electrons. The van der Waals surface area contributed by atoms with Gasteiger partial charge in [-0.1, -0.05) is 29.8 Å². The van der Waals surface area contributed by atoms with Crippen LogP contribution in [0.4, 0.5) is 4.79 Å². The summed E-state index contributed by atoms with van der Waals surface area (Å²) in [4.78, 5) is 25.8. The fraction of sp³-hybridized carbons (Fsp3) is 0.600. The molecular formula is C25H30N2O8S. The fourth-order valence-corrected chi connectivity index (χ4v) is 6.73. The summed E-state index contributed by atoms with van der Waals surface area (Å²) < 4.78 is 15.7. The van der Waals surface area contributed by atoms with E-state index in [4.69, 9.17) is 14.2 Å². The van der Waals surface area contributed by atoms with Gasteiger partial charge in [0, 0.05) is 0 Å². The second kappa shape index (κ2) is 10.6. The van der Waals surface area contributed by atoms with Gasteiger partial charge in [0.15, 0.2) is 17.7 Å². The normalized spacial score (nSPS) is 42.3. The highest BCUT2D eigenvalue weighted by atomic mass is 32.2. The Morgan fingerprint density at radius 2 is 2.03 bits per heavy atom. The molecule has 0 spiro atoms. The molecule has 2 aliphatic heterocycles. The van der Waals surface area contributed by atoms with Gasteiger partial charge in [-0.05, 0) is 43.9 Å². The number of amides is 1. The topological polar surface area (TPSA) is 147 Å². The molecule has 4 rings (SSSR count). The lowest BCUT2D eigenvalue weighted by molar-refractivity contribution is -0.269. The second-order valence-electron chi connectivity index (χ2n) is 9.03. The van der Waals surface area contributed by atoms with E-state index in [-0.39, 0.29) is 6.42 Å². The Morgan fingerprint density at radius 3 is 2.75 bits per heavy atom. The first-order chi connectivity index (χ1) is 17.2. The zero-order valence-corrected chi connectivity index (χ0v) is 21.0. The number of ether oxygens (including phenoxy) is 3. The Bertz CT molecular complexity index is 1090. The third-order valence-corrected chi connectivity index (χ3v) is 8.47. The summed E-state index contributed by atoms with van der Waals surface area (Å²) in [6.45, 7) is 1.61. The summed E-state index contributed by atoms with van der Waals surface area (Å²) >= 11 is 1.33. The SMILES string of the molecule is CNC1C(O[C@H]2C#C/C=C\C#C[C@]3(O)CC(=O)C(NC(=O)OC)[C@]24SCCC=C34)OC(C)C(O)C1O. The monoisotopic (exact) mass is 518 g/mol. The molecular weight excluding hydrogens is 488 g/mol. The van der Waals surface area contributed by atoms with Gasteiger partial charge in [-0.15, -0.1) is 11.8 Å². The lowest BCUT2D eigenvalue weighted by Gasteiger charge is -2.54. The Hall–Kier alpha value is -2.35. The van der Waals surface area contributed by atoms with Gasteiger partial charge in [0.1, 0.15) is 29.1 Å². The lowest BCUT2D eigenvalue weighted by atomic mass is 9.66. The predicted octanol–water partition coefficient (Wildman–Crippen LogP) is -0.767. The van der Waals surface area contributed by atoms with Crippen molar-refractivity contribution < 1.29 is 39.1 Å². The smallest absolute Gasteiger partial charge is 0.407 e. The minimum Gasteiger partial charge on any atom is -0.453 e. The maximum atomic E-state index is 13.5. The molecule has 2 heterocycles. The van der Waals surface area contributed by atoms with Gasteiger partial charge in [0.25, 0.3) is 0 Å². The summed E-state index contributed by atoms with van der Waals surface area (Å²) in [7, 11) is 2.79. The molecule has 0 aromatic carbocycles. The standard InChI is InChI=1S/C25H30N2O8S/c1-14-19(29)20(30)18(26-2)22(34-14)35-17-10-6-4-5-7-11-24(32)13-15(28)21(27-23(31)33-3)25(17)16(24)9-8-12-36-25/h4-5,9,14,17-22,26,29-30,32H,8,12-13H2,1-3H3,(H,27,31)/b5-4-/t14?,17-,18?,19?,20?,21?,22?,24-,25+/m0/s1. The summed E-state index contributed by atoms with van der Waals surface area (Å²) in [5, 5.41) is 38.2. The van der Waals surface area contributed by atoms with Crippen molar-refractivity contribution in [3.63, 3.8) is 0 Å². The van der Waals surface area contributed by atoms with E-state index >= 15 is 0 Å². The first-order valence-corrected chi connectivity index (χ1v) is 12.6. The molecule has 6 unspecified atom stereocenters. The van der Waals surface area contributed by atoms with Gasteiger partial charge in [0.05, 0.1) is 25.7 Å². The van der Waals surface area contributed by atoms with Crippen LogP contribution in [0.5, 0.6) is 0 Å². The van der Waals surface area contributed by atoms with Gasteiger partial charge in [-0.3, -0.25) is 4.79 Å². The summed E-state index contributed by atoms with van der Waals surface area (Å²) in [5.41, 5.74) is -1.39. The number of ketones is 1. The average molecular weight is 519 g/mol. The third-order valence-electron chi connectivity index (χ3n) is 6.88. The molecule has 36 heavy (non-hydrogen) atoms. The molecule has 194 valence electrons. The van der Waals surface area contributed by atoms with E-state index in [1.165, 1.54) is 31.0 Å². The van der Waals surface area contributed by atoms with E-state index in [2.05, 4.69) is 34.3 Å². The Morgan fingerprint density at radius 1 is 1.28 bits per heavy atom. The number of Topliss-reactive ketones (excluding diaryl/α,β-unsaturated/α-hetero) is 1. The van der Waals surface area contributed by atoms with Gasteiger partial charge in [-0.25, -0.2) is 4.79 Å². The molecule has 11 heteroatoms.